The molecular formula is C13H10ClF2N3O. The van der Waals surface area contributed by atoms with Crippen LogP contribution < -0.4 is 11.1 Å². The maximum Gasteiger partial charge on any atom is 0.253 e. The van der Waals surface area contributed by atoms with Gasteiger partial charge in [0.2, 0.25) is 0 Å². The predicted molar refractivity (Wildman–Crippen MR) is 71.2 cm³/mol. The Morgan fingerprint density at radius 3 is 2.80 bits per heavy atom. The molecule has 20 heavy (non-hydrogen) atoms. The summed E-state index contributed by atoms with van der Waals surface area (Å²) in [5, 5.41) is 2.59. The fourth-order valence-electron chi connectivity index (χ4n) is 1.53. The van der Waals surface area contributed by atoms with Gasteiger partial charge in [-0.15, -0.1) is 0 Å². The molecule has 3 N–H and O–H groups in total. The Hall–Kier alpha value is -2.21. The van der Waals surface area contributed by atoms with Crippen molar-refractivity contribution in [3.05, 3.63) is 58.2 Å². The number of hydrogen-bond acceptors (Lipinski definition) is 3. The Balaban J connectivity index is 2.08. The van der Waals surface area contributed by atoms with Crippen molar-refractivity contribution in [3.63, 3.8) is 0 Å². The number of nitrogens with two attached hydrogens (primary N) is 1. The number of anilines is 1. The molecule has 0 atom stereocenters. The summed E-state index contributed by atoms with van der Waals surface area (Å²) in [4.78, 5) is 15.5. The zero-order chi connectivity index (χ0) is 14.7. The zero-order valence-corrected chi connectivity index (χ0v) is 10.9. The Bertz CT molecular complexity index is 664. The molecule has 2 aromatic rings. The summed E-state index contributed by atoms with van der Waals surface area (Å²) in [5.41, 5.74) is 5.65. The molecule has 0 unspecified atom stereocenters. The second-order valence-corrected chi connectivity index (χ2v) is 4.42. The van der Waals surface area contributed by atoms with Crippen molar-refractivity contribution in [2.24, 2.45) is 0 Å². The van der Waals surface area contributed by atoms with E-state index in [4.69, 9.17) is 17.3 Å². The van der Waals surface area contributed by atoms with E-state index in [1.165, 1.54) is 12.3 Å². The van der Waals surface area contributed by atoms with Crippen LogP contribution in [0.2, 0.25) is 5.02 Å². The SMILES string of the molecule is Nc1ncc(C(=O)NCc2cc(F)ccc2F)cc1Cl. The van der Waals surface area contributed by atoms with E-state index in [0.29, 0.717) is 0 Å². The highest BCUT2D eigenvalue weighted by molar-refractivity contribution is 6.33. The number of amides is 1. The number of nitrogens with zero attached hydrogens (tertiary/aromatic N) is 1. The van der Waals surface area contributed by atoms with E-state index >= 15 is 0 Å². The van der Waals surface area contributed by atoms with Crippen molar-refractivity contribution in [2.45, 2.75) is 6.54 Å². The Labute approximate surface area is 118 Å². The molecule has 0 aliphatic carbocycles. The molecule has 1 aromatic carbocycles. The second kappa shape index (κ2) is 5.83. The van der Waals surface area contributed by atoms with Gasteiger partial charge >= 0.3 is 0 Å². The maximum atomic E-state index is 13.4. The normalized spacial score (nSPS) is 10.3. The lowest BCUT2D eigenvalue weighted by atomic mass is 10.2. The molecule has 0 fully saturated rings. The first kappa shape index (κ1) is 14.2. The molecule has 0 spiro atoms. The van der Waals surface area contributed by atoms with Crippen LogP contribution in [0.15, 0.2) is 30.5 Å². The minimum atomic E-state index is -0.597. The van der Waals surface area contributed by atoms with Crippen LogP contribution in [0.1, 0.15) is 15.9 Å². The Kier molecular flexibility index (Phi) is 4.14. The predicted octanol–water partition coefficient (Wildman–Crippen LogP) is 2.53. The lowest BCUT2D eigenvalue weighted by Gasteiger charge is -2.07. The number of nitrogens with one attached hydrogen (secondary N) is 1. The number of benzene rings is 1. The molecule has 0 aliphatic heterocycles. The minimum Gasteiger partial charge on any atom is -0.382 e. The summed E-state index contributed by atoms with van der Waals surface area (Å²) < 4.78 is 26.3. The first-order valence-corrected chi connectivity index (χ1v) is 5.98. The van der Waals surface area contributed by atoms with Crippen LogP contribution >= 0.6 is 11.6 Å². The largest absolute Gasteiger partial charge is 0.382 e. The van der Waals surface area contributed by atoms with E-state index in [1.54, 1.807) is 0 Å². The molecule has 104 valence electrons. The number of halogens is 3. The van der Waals surface area contributed by atoms with Crippen LogP contribution in [-0.4, -0.2) is 10.9 Å². The van der Waals surface area contributed by atoms with Crippen molar-refractivity contribution in [1.29, 1.82) is 0 Å². The average Bonchev–Trinajstić information content (AvgIpc) is 2.42. The molecule has 0 saturated carbocycles. The second-order valence-electron chi connectivity index (χ2n) is 4.01. The van der Waals surface area contributed by atoms with Crippen molar-refractivity contribution in [3.8, 4) is 0 Å². The van der Waals surface area contributed by atoms with E-state index in [9.17, 15) is 13.6 Å². The highest BCUT2D eigenvalue weighted by atomic mass is 35.5. The minimum absolute atomic E-state index is 0.0489. The molecule has 4 nitrogen and oxygen atoms in total. The average molecular weight is 298 g/mol. The van der Waals surface area contributed by atoms with Crippen LogP contribution in [0.25, 0.3) is 0 Å². The third-order valence-electron chi connectivity index (χ3n) is 2.58. The number of aromatic nitrogens is 1. The molecule has 0 saturated heterocycles. The highest BCUT2D eigenvalue weighted by Crippen LogP contribution is 2.17. The number of pyridine rings is 1. The number of hydrogen-bond donors (Lipinski definition) is 2. The van der Waals surface area contributed by atoms with Gasteiger partial charge in [0.25, 0.3) is 5.91 Å². The highest BCUT2D eigenvalue weighted by Gasteiger charge is 2.10. The van der Waals surface area contributed by atoms with Crippen molar-refractivity contribution in [2.75, 3.05) is 5.73 Å². The zero-order valence-electron chi connectivity index (χ0n) is 10.2. The van der Waals surface area contributed by atoms with Gasteiger partial charge in [0.05, 0.1) is 10.6 Å². The van der Waals surface area contributed by atoms with Gasteiger partial charge in [-0.2, -0.15) is 0 Å². The fourth-order valence-corrected chi connectivity index (χ4v) is 1.70. The van der Waals surface area contributed by atoms with E-state index in [-0.39, 0.29) is 28.5 Å². The lowest BCUT2D eigenvalue weighted by Crippen LogP contribution is -2.23. The topological polar surface area (TPSA) is 68.0 Å². The molecule has 7 heteroatoms. The number of carbonyl (C=O) groups excluding carboxylic acids is 1. The third kappa shape index (κ3) is 3.21. The van der Waals surface area contributed by atoms with Gasteiger partial charge in [-0.05, 0) is 24.3 Å². The van der Waals surface area contributed by atoms with E-state index < -0.39 is 17.5 Å². The monoisotopic (exact) mass is 297 g/mol. The maximum absolute atomic E-state index is 13.4. The van der Waals surface area contributed by atoms with Gasteiger partial charge in [0, 0.05) is 18.3 Å². The molecule has 1 amide bonds. The molecule has 2 rings (SSSR count). The first-order valence-electron chi connectivity index (χ1n) is 5.60. The quantitative estimate of drug-likeness (QED) is 0.915. The van der Waals surface area contributed by atoms with Crippen LogP contribution in [0.3, 0.4) is 0 Å². The van der Waals surface area contributed by atoms with Gasteiger partial charge in [-0.1, -0.05) is 11.6 Å². The summed E-state index contributed by atoms with van der Waals surface area (Å²) in [6.07, 6.45) is 1.25. The summed E-state index contributed by atoms with van der Waals surface area (Å²) in [5.74, 6) is -1.57. The van der Waals surface area contributed by atoms with Gasteiger partial charge in [-0.25, -0.2) is 13.8 Å². The van der Waals surface area contributed by atoms with Crippen LogP contribution in [0.5, 0.6) is 0 Å². The van der Waals surface area contributed by atoms with Crippen LogP contribution in [-0.2, 0) is 6.54 Å². The summed E-state index contributed by atoms with van der Waals surface area (Å²) in [7, 11) is 0. The molecular weight excluding hydrogens is 288 g/mol. The number of rotatable bonds is 3. The summed E-state index contributed by atoms with van der Waals surface area (Å²) in [6.45, 7) is -0.148. The molecule has 0 aliphatic rings. The Morgan fingerprint density at radius 1 is 1.35 bits per heavy atom. The van der Waals surface area contributed by atoms with Gasteiger partial charge in [-0.3, -0.25) is 4.79 Å². The Morgan fingerprint density at radius 2 is 2.10 bits per heavy atom. The van der Waals surface area contributed by atoms with Gasteiger partial charge < -0.3 is 11.1 Å². The van der Waals surface area contributed by atoms with E-state index in [2.05, 4.69) is 10.3 Å². The van der Waals surface area contributed by atoms with Gasteiger partial charge in [0.15, 0.2) is 0 Å². The fraction of sp³-hybridized carbons (Fsp3) is 0.0769. The van der Waals surface area contributed by atoms with Gasteiger partial charge in [0.1, 0.15) is 17.5 Å². The van der Waals surface area contributed by atoms with Crippen LogP contribution in [0, 0.1) is 11.6 Å². The number of nitrogen functional groups attached to an aromatic ring is 1. The smallest absolute Gasteiger partial charge is 0.253 e. The lowest BCUT2D eigenvalue weighted by molar-refractivity contribution is 0.0950. The molecule has 0 bridgehead atoms. The molecule has 0 radical (unpaired) electrons. The van der Waals surface area contributed by atoms with Crippen molar-refractivity contribution < 1.29 is 13.6 Å². The number of carbonyl (C=O) groups is 1. The van der Waals surface area contributed by atoms with E-state index in [0.717, 1.165) is 18.2 Å². The standard InChI is InChI=1S/C13H10ClF2N3O/c14-10-4-8(6-18-12(10)17)13(20)19-5-7-3-9(15)1-2-11(7)16/h1-4,6H,5H2,(H2,17,18)(H,19,20). The third-order valence-corrected chi connectivity index (χ3v) is 2.88. The molecule has 1 heterocycles. The first-order chi connectivity index (χ1) is 9.47. The van der Waals surface area contributed by atoms with Crippen molar-refractivity contribution >= 4 is 23.3 Å². The molecule has 1 aromatic heterocycles. The summed E-state index contributed by atoms with van der Waals surface area (Å²) in [6, 6.07) is 4.37. The van der Waals surface area contributed by atoms with E-state index in [1.807, 2.05) is 0 Å². The summed E-state index contributed by atoms with van der Waals surface area (Å²) >= 11 is 5.74. The van der Waals surface area contributed by atoms with Crippen molar-refractivity contribution in [1.82, 2.24) is 10.3 Å². The van der Waals surface area contributed by atoms with Crippen LogP contribution in [0.4, 0.5) is 14.6 Å².